The molecule has 0 saturated carbocycles. The van der Waals surface area contributed by atoms with E-state index >= 15 is 0 Å². The zero-order valence-corrected chi connectivity index (χ0v) is 19.3. The molecule has 3 N–H and O–H groups in total. The van der Waals surface area contributed by atoms with Crippen LogP contribution in [0.25, 0.3) is 0 Å². The number of para-hydroxylation sites is 1. The van der Waals surface area contributed by atoms with Crippen LogP contribution in [-0.2, 0) is 11.2 Å². The highest BCUT2D eigenvalue weighted by Gasteiger charge is 2.23. The maximum atomic E-state index is 12.9. The molecule has 1 aliphatic heterocycles. The highest BCUT2D eigenvalue weighted by molar-refractivity contribution is 5.89. The number of rotatable bonds is 8. The lowest BCUT2D eigenvalue weighted by atomic mass is 9.98. The Bertz CT molecular complexity index is 1040. The first kappa shape index (κ1) is 23.5. The van der Waals surface area contributed by atoms with Crippen molar-refractivity contribution in [2.24, 2.45) is 0 Å². The maximum Gasteiger partial charge on any atom is 0.319 e. The minimum absolute atomic E-state index is 0.0259. The van der Waals surface area contributed by atoms with Crippen LogP contribution in [0.1, 0.15) is 30.0 Å². The number of carbonyl (C=O) groups is 2. The second-order valence-corrected chi connectivity index (χ2v) is 8.74. The number of nitrogens with one attached hydrogen (secondary N) is 3. The Kier molecular flexibility index (Phi) is 8.30. The number of anilines is 1. The molecule has 0 spiro atoms. The molecule has 1 saturated heterocycles. The number of nitrogens with zero attached hydrogens (tertiary/aromatic N) is 1. The van der Waals surface area contributed by atoms with Crippen molar-refractivity contribution in [3.63, 3.8) is 0 Å². The van der Waals surface area contributed by atoms with E-state index in [4.69, 9.17) is 0 Å². The van der Waals surface area contributed by atoms with Gasteiger partial charge in [0, 0.05) is 24.8 Å². The van der Waals surface area contributed by atoms with E-state index in [1.807, 2.05) is 66.7 Å². The van der Waals surface area contributed by atoms with Gasteiger partial charge >= 0.3 is 6.03 Å². The van der Waals surface area contributed by atoms with Crippen LogP contribution in [0.3, 0.4) is 0 Å². The molecule has 6 heteroatoms. The Morgan fingerprint density at radius 1 is 0.824 bits per heavy atom. The molecule has 1 atom stereocenters. The lowest BCUT2D eigenvalue weighted by Crippen LogP contribution is -2.48. The molecule has 3 amide bonds. The van der Waals surface area contributed by atoms with Crippen LogP contribution in [0, 0.1) is 0 Å². The second kappa shape index (κ2) is 12.0. The summed E-state index contributed by atoms with van der Waals surface area (Å²) in [5.41, 5.74) is 3.07. The van der Waals surface area contributed by atoms with Crippen LogP contribution in [0.15, 0.2) is 91.0 Å². The molecule has 3 aromatic carbocycles. The summed E-state index contributed by atoms with van der Waals surface area (Å²) in [6.07, 6.45) is 2.39. The zero-order valence-electron chi connectivity index (χ0n) is 19.3. The Balaban J connectivity index is 1.25. The van der Waals surface area contributed by atoms with Gasteiger partial charge in [-0.05, 0) is 42.5 Å². The summed E-state index contributed by atoms with van der Waals surface area (Å²) in [7, 11) is 0. The molecule has 1 heterocycles. The molecular weight excluding hydrogens is 424 g/mol. The molecule has 6 nitrogen and oxygen atoms in total. The minimum Gasteiger partial charge on any atom is -0.348 e. The fourth-order valence-corrected chi connectivity index (χ4v) is 4.34. The third kappa shape index (κ3) is 7.18. The van der Waals surface area contributed by atoms with Crippen LogP contribution >= 0.6 is 0 Å². The van der Waals surface area contributed by atoms with Gasteiger partial charge in [-0.15, -0.1) is 0 Å². The van der Waals surface area contributed by atoms with E-state index in [2.05, 4.69) is 45.1 Å². The Morgan fingerprint density at radius 3 is 2.06 bits per heavy atom. The van der Waals surface area contributed by atoms with Crippen molar-refractivity contribution in [2.75, 3.05) is 25.0 Å². The molecule has 176 valence electrons. The first-order chi connectivity index (χ1) is 16.7. The number of hydrogen-bond donors (Lipinski definition) is 3. The van der Waals surface area contributed by atoms with Gasteiger partial charge in [0.15, 0.2) is 0 Å². The molecule has 0 aromatic heterocycles. The first-order valence-electron chi connectivity index (χ1n) is 11.9. The number of amides is 3. The molecule has 0 radical (unpaired) electrons. The fourth-order valence-electron chi connectivity index (χ4n) is 4.34. The molecule has 1 unspecified atom stereocenters. The SMILES string of the molecule is O=C(CN1CCC(NC(=O)Nc2ccccc2)CC1)NC(Cc1ccccc1)c1ccccc1. The van der Waals surface area contributed by atoms with Crippen LogP contribution in [-0.4, -0.2) is 42.5 Å². The van der Waals surface area contributed by atoms with Crippen molar-refractivity contribution in [3.8, 4) is 0 Å². The van der Waals surface area contributed by atoms with Crippen molar-refractivity contribution in [2.45, 2.75) is 31.3 Å². The molecule has 3 aromatic rings. The smallest absolute Gasteiger partial charge is 0.319 e. The van der Waals surface area contributed by atoms with Gasteiger partial charge in [0.1, 0.15) is 0 Å². The van der Waals surface area contributed by atoms with Gasteiger partial charge < -0.3 is 16.0 Å². The highest BCUT2D eigenvalue weighted by atomic mass is 16.2. The normalized spacial score (nSPS) is 15.3. The number of urea groups is 1. The van der Waals surface area contributed by atoms with E-state index in [0.717, 1.165) is 43.6 Å². The van der Waals surface area contributed by atoms with Gasteiger partial charge in [0.05, 0.1) is 12.6 Å². The van der Waals surface area contributed by atoms with E-state index < -0.39 is 0 Å². The third-order valence-electron chi connectivity index (χ3n) is 6.14. The quantitative estimate of drug-likeness (QED) is 0.471. The molecular formula is C28H32N4O2. The Labute approximate surface area is 201 Å². The summed E-state index contributed by atoms with van der Waals surface area (Å²) in [5, 5.41) is 9.15. The third-order valence-corrected chi connectivity index (χ3v) is 6.14. The standard InChI is InChI=1S/C28H32N4O2/c33-27(31-26(23-12-6-2-7-13-23)20-22-10-4-1-5-11-22)21-32-18-16-25(17-19-32)30-28(34)29-24-14-8-3-9-15-24/h1-15,25-26H,16-21H2,(H,31,33)(H2,29,30,34). The van der Waals surface area contributed by atoms with Gasteiger partial charge in [-0.3, -0.25) is 9.69 Å². The van der Waals surface area contributed by atoms with Crippen LogP contribution < -0.4 is 16.0 Å². The largest absolute Gasteiger partial charge is 0.348 e. The summed E-state index contributed by atoms with van der Waals surface area (Å²) in [6, 6.07) is 29.6. The van der Waals surface area contributed by atoms with Crippen LogP contribution in [0.2, 0.25) is 0 Å². The van der Waals surface area contributed by atoms with Gasteiger partial charge in [-0.1, -0.05) is 78.9 Å². The van der Waals surface area contributed by atoms with Crippen molar-refractivity contribution in [1.82, 2.24) is 15.5 Å². The Hall–Kier alpha value is -3.64. The summed E-state index contributed by atoms with van der Waals surface area (Å²) in [4.78, 5) is 27.3. The van der Waals surface area contributed by atoms with Crippen molar-refractivity contribution < 1.29 is 9.59 Å². The molecule has 34 heavy (non-hydrogen) atoms. The number of carbonyl (C=O) groups excluding carboxylic acids is 2. The molecule has 0 aliphatic carbocycles. The number of hydrogen-bond acceptors (Lipinski definition) is 3. The first-order valence-corrected chi connectivity index (χ1v) is 11.9. The number of piperidine rings is 1. The maximum absolute atomic E-state index is 12.9. The van der Waals surface area contributed by atoms with Crippen molar-refractivity contribution >= 4 is 17.6 Å². The lowest BCUT2D eigenvalue weighted by Gasteiger charge is -2.32. The average Bonchev–Trinajstić information content (AvgIpc) is 2.86. The van der Waals surface area contributed by atoms with Gasteiger partial charge in [-0.25, -0.2) is 4.79 Å². The Morgan fingerprint density at radius 2 is 1.41 bits per heavy atom. The summed E-state index contributed by atoms with van der Waals surface area (Å²) >= 11 is 0. The minimum atomic E-state index is -0.186. The fraction of sp³-hybridized carbons (Fsp3) is 0.286. The van der Waals surface area contributed by atoms with E-state index in [1.54, 1.807) is 0 Å². The van der Waals surface area contributed by atoms with E-state index in [0.29, 0.717) is 6.54 Å². The molecule has 1 fully saturated rings. The lowest BCUT2D eigenvalue weighted by molar-refractivity contribution is -0.123. The molecule has 4 rings (SSSR count). The monoisotopic (exact) mass is 456 g/mol. The van der Waals surface area contributed by atoms with Crippen LogP contribution in [0.4, 0.5) is 10.5 Å². The van der Waals surface area contributed by atoms with E-state index in [-0.39, 0.29) is 24.0 Å². The van der Waals surface area contributed by atoms with Gasteiger partial charge in [-0.2, -0.15) is 0 Å². The van der Waals surface area contributed by atoms with Crippen LogP contribution in [0.5, 0.6) is 0 Å². The predicted molar refractivity (Wildman–Crippen MR) is 136 cm³/mol. The average molecular weight is 457 g/mol. The van der Waals surface area contributed by atoms with Crippen molar-refractivity contribution in [1.29, 1.82) is 0 Å². The second-order valence-electron chi connectivity index (χ2n) is 8.74. The van der Waals surface area contributed by atoms with Crippen molar-refractivity contribution in [3.05, 3.63) is 102 Å². The molecule has 1 aliphatic rings. The molecule has 0 bridgehead atoms. The predicted octanol–water partition coefficient (Wildman–Crippen LogP) is 4.37. The summed E-state index contributed by atoms with van der Waals surface area (Å²) in [5.74, 6) is 0.0259. The number of likely N-dealkylation sites (tertiary alicyclic amines) is 1. The number of benzene rings is 3. The van der Waals surface area contributed by atoms with Gasteiger partial charge in [0.25, 0.3) is 0 Å². The summed E-state index contributed by atoms with van der Waals surface area (Å²) in [6.45, 7) is 1.91. The van der Waals surface area contributed by atoms with E-state index in [9.17, 15) is 9.59 Å². The summed E-state index contributed by atoms with van der Waals surface area (Å²) < 4.78 is 0. The highest BCUT2D eigenvalue weighted by Crippen LogP contribution is 2.19. The zero-order chi connectivity index (χ0) is 23.6. The topological polar surface area (TPSA) is 73.5 Å². The van der Waals surface area contributed by atoms with E-state index in [1.165, 1.54) is 5.56 Å². The van der Waals surface area contributed by atoms with Gasteiger partial charge in [0.2, 0.25) is 5.91 Å².